The molecule has 1 saturated carbocycles. The number of halogens is 7. The van der Waals surface area contributed by atoms with Gasteiger partial charge in [-0.2, -0.15) is 0 Å². The first-order chi connectivity index (χ1) is 16.1. The van der Waals surface area contributed by atoms with E-state index in [1.165, 1.54) is 56.2 Å². The van der Waals surface area contributed by atoms with Crippen molar-refractivity contribution in [3.05, 3.63) is 59.2 Å². The molecule has 0 unspecified atom stereocenters. The second-order valence-corrected chi connectivity index (χ2v) is 8.93. The number of rotatable bonds is 9. The van der Waals surface area contributed by atoms with E-state index in [1.807, 2.05) is 0 Å². The first-order valence-electron chi connectivity index (χ1n) is 11.5. The highest BCUT2D eigenvalue weighted by Crippen LogP contribution is 2.36. The Bertz CT molecular complexity index is 844. The molecule has 0 atom stereocenters. The summed E-state index contributed by atoms with van der Waals surface area (Å²) in [6.07, 6.45) is 12.6. The van der Waals surface area contributed by atoms with Crippen molar-refractivity contribution >= 4 is 11.6 Å². The van der Waals surface area contributed by atoms with E-state index < -0.39 is 28.8 Å². The third kappa shape index (κ3) is 9.72. The first kappa shape index (κ1) is 28.3. The second-order valence-electron chi connectivity index (χ2n) is 8.49. The van der Waals surface area contributed by atoms with Gasteiger partial charge in [0.1, 0.15) is 5.82 Å². The zero-order chi connectivity index (χ0) is 25.1. The van der Waals surface area contributed by atoms with Crippen molar-refractivity contribution in [3.8, 4) is 5.75 Å². The van der Waals surface area contributed by atoms with Crippen LogP contribution in [0.3, 0.4) is 0 Å². The van der Waals surface area contributed by atoms with Gasteiger partial charge in [-0.25, -0.2) is 13.2 Å². The predicted octanol–water partition coefficient (Wildman–Crippen LogP) is 8.72. The van der Waals surface area contributed by atoms with Crippen molar-refractivity contribution in [1.29, 1.82) is 0 Å². The fraction of sp³-hybridized carbons (Fsp3) is 0.560. The lowest BCUT2D eigenvalue weighted by atomic mass is 9.79. The molecule has 1 aliphatic rings. The maximum Gasteiger partial charge on any atom is 0.487 e. The van der Waals surface area contributed by atoms with Crippen molar-refractivity contribution in [2.75, 3.05) is 6.67 Å². The fourth-order valence-corrected chi connectivity index (χ4v) is 4.12. The zero-order valence-corrected chi connectivity index (χ0v) is 19.9. The van der Waals surface area contributed by atoms with E-state index in [4.69, 9.17) is 0 Å². The molecule has 34 heavy (non-hydrogen) atoms. The van der Waals surface area contributed by atoms with Crippen LogP contribution in [0, 0.1) is 23.4 Å². The lowest BCUT2D eigenvalue weighted by Gasteiger charge is -2.27. The van der Waals surface area contributed by atoms with Gasteiger partial charge in [-0.3, -0.25) is 9.37 Å². The molecule has 3 rings (SSSR count). The van der Waals surface area contributed by atoms with Crippen LogP contribution in [0.2, 0.25) is 0 Å². The number of unbranched alkanes of at least 4 members (excludes halogenated alkanes) is 2. The number of ether oxygens (including phenoxy) is 1. The van der Waals surface area contributed by atoms with Gasteiger partial charge in [-0.1, -0.05) is 25.8 Å². The van der Waals surface area contributed by atoms with Crippen LogP contribution in [0.5, 0.6) is 5.75 Å². The number of aromatic nitrogens is 1. The smallest absolute Gasteiger partial charge is 0.414 e. The highest BCUT2D eigenvalue weighted by Gasteiger charge is 2.31. The SMILES string of the molecule is CCCCCc1ccc(C2CCC(CCF)CC2)nc1.Fc1cc(F)c(OC(F)(F)Cl)c(F)c1. The molecule has 9 heteroatoms. The zero-order valence-electron chi connectivity index (χ0n) is 19.1. The molecule has 1 aromatic heterocycles. The number of hydrogen-bond donors (Lipinski definition) is 0. The summed E-state index contributed by atoms with van der Waals surface area (Å²) in [5.41, 5.74) is -1.63. The molecule has 0 radical (unpaired) electrons. The minimum atomic E-state index is -4.25. The molecule has 0 N–H and O–H groups in total. The van der Waals surface area contributed by atoms with Crippen LogP contribution in [0.15, 0.2) is 30.5 Å². The Kier molecular flexibility index (Phi) is 11.5. The molecule has 0 saturated heterocycles. The van der Waals surface area contributed by atoms with Gasteiger partial charge in [-0.15, -0.1) is 8.78 Å². The largest absolute Gasteiger partial charge is 0.487 e. The number of nitrogens with zero attached hydrogens (tertiary/aromatic N) is 1. The van der Waals surface area contributed by atoms with Gasteiger partial charge in [0.25, 0.3) is 0 Å². The Morgan fingerprint density at radius 3 is 2.18 bits per heavy atom. The van der Waals surface area contributed by atoms with Gasteiger partial charge < -0.3 is 4.74 Å². The van der Waals surface area contributed by atoms with Gasteiger partial charge in [0.05, 0.1) is 6.67 Å². The van der Waals surface area contributed by atoms with Crippen molar-refractivity contribution in [1.82, 2.24) is 4.98 Å². The van der Waals surface area contributed by atoms with E-state index in [1.54, 1.807) is 0 Å². The normalized spacial score (nSPS) is 18.2. The van der Waals surface area contributed by atoms with Crippen LogP contribution in [0.25, 0.3) is 0 Å². The van der Waals surface area contributed by atoms with Gasteiger partial charge in [-0.05, 0) is 62.5 Å². The molecule has 1 heterocycles. The summed E-state index contributed by atoms with van der Waals surface area (Å²) in [7, 11) is 0. The van der Waals surface area contributed by atoms with Crippen LogP contribution >= 0.6 is 11.6 Å². The summed E-state index contributed by atoms with van der Waals surface area (Å²) >= 11 is 4.27. The molecule has 2 nitrogen and oxygen atoms in total. The summed E-state index contributed by atoms with van der Waals surface area (Å²) in [5, 5.41) is 0. The fourth-order valence-electron chi connectivity index (χ4n) is 4.05. The number of benzene rings is 1. The van der Waals surface area contributed by atoms with Gasteiger partial charge >= 0.3 is 5.57 Å². The molecule has 1 fully saturated rings. The highest BCUT2D eigenvalue weighted by atomic mass is 35.5. The molecular weight excluding hydrogens is 480 g/mol. The molecule has 0 bridgehead atoms. The standard InChI is InChI=1S/C18H28FN.C7H2ClF5O/c1-2-3-4-5-16-8-11-18(20-14-16)17-9-6-15(7-10-17)12-13-19;8-7(12,13)14-6-4(10)1-3(9)2-5(6)11/h8,11,14-15,17H,2-7,9-10,12-13H2,1H3;1-2H. The van der Waals surface area contributed by atoms with Crippen LogP contribution < -0.4 is 4.74 Å². The van der Waals surface area contributed by atoms with Gasteiger partial charge in [0.2, 0.25) is 0 Å². The summed E-state index contributed by atoms with van der Waals surface area (Å²) in [4.78, 5) is 4.68. The lowest BCUT2D eigenvalue weighted by Crippen LogP contribution is -2.17. The maximum absolute atomic E-state index is 12.6. The van der Waals surface area contributed by atoms with Crippen LogP contribution in [-0.4, -0.2) is 17.2 Å². The molecule has 0 spiro atoms. The third-order valence-electron chi connectivity index (χ3n) is 5.88. The van der Waals surface area contributed by atoms with Crippen molar-refractivity contribution in [2.24, 2.45) is 5.92 Å². The lowest BCUT2D eigenvalue weighted by molar-refractivity contribution is -0.101. The minimum absolute atomic E-state index is 0.153. The Labute approximate surface area is 201 Å². The van der Waals surface area contributed by atoms with E-state index in [2.05, 4.69) is 46.6 Å². The maximum atomic E-state index is 12.6. The Hall–Kier alpha value is -1.96. The van der Waals surface area contributed by atoms with E-state index in [-0.39, 0.29) is 18.8 Å². The number of hydrogen-bond acceptors (Lipinski definition) is 2. The van der Waals surface area contributed by atoms with Crippen molar-refractivity contribution in [2.45, 2.75) is 76.2 Å². The molecule has 0 aliphatic heterocycles. The first-order valence-corrected chi connectivity index (χ1v) is 11.9. The summed E-state index contributed by atoms with van der Waals surface area (Å²) in [5.74, 6) is -4.64. The Morgan fingerprint density at radius 1 is 1.03 bits per heavy atom. The second kappa shape index (κ2) is 13.8. The predicted molar refractivity (Wildman–Crippen MR) is 121 cm³/mol. The monoisotopic (exact) mass is 509 g/mol. The van der Waals surface area contributed by atoms with Crippen molar-refractivity contribution in [3.63, 3.8) is 0 Å². The summed E-state index contributed by atoms with van der Waals surface area (Å²) in [6, 6.07) is 4.87. The average Bonchev–Trinajstić information content (AvgIpc) is 2.78. The van der Waals surface area contributed by atoms with E-state index in [0.29, 0.717) is 11.8 Å². The molecule has 0 amide bonds. The number of alkyl halides is 4. The van der Waals surface area contributed by atoms with Crippen LogP contribution in [-0.2, 0) is 6.42 Å². The Morgan fingerprint density at radius 2 is 1.68 bits per heavy atom. The van der Waals surface area contributed by atoms with Crippen molar-refractivity contribution < 1.29 is 31.1 Å². The van der Waals surface area contributed by atoms with E-state index in [0.717, 1.165) is 12.8 Å². The van der Waals surface area contributed by atoms with E-state index >= 15 is 0 Å². The number of aryl methyl sites for hydroxylation is 1. The highest BCUT2D eigenvalue weighted by molar-refractivity contribution is 6.20. The quantitative estimate of drug-likeness (QED) is 0.191. The van der Waals surface area contributed by atoms with E-state index in [9.17, 15) is 26.3 Å². The molecule has 1 aromatic carbocycles. The molecule has 1 aliphatic carbocycles. The summed E-state index contributed by atoms with van der Waals surface area (Å²) in [6.45, 7) is 2.08. The number of pyridine rings is 1. The average molecular weight is 510 g/mol. The minimum Gasteiger partial charge on any atom is -0.414 e. The Balaban J connectivity index is 0.000000257. The molecule has 190 valence electrons. The third-order valence-corrected chi connectivity index (χ3v) is 5.96. The molecular formula is C25H30ClF6NO. The topological polar surface area (TPSA) is 22.1 Å². The summed E-state index contributed by atoms with van der Waals surface area (Å²) < 4.78 is 77.3. The van der Waals surface area contributed by atoms with Crippen LogP contribution in [0.1, 0.15) is 75.5 Å². The van der Waals surface area contributed by atoms with Gasteiger partial charge in [0, 0.05) is 41.5 Å². The van der Waals surface area contributed by atoms with Gasteiger partial charge in [0.15, 0.2) is 17.4 Å². The molecule has 2 aromatic rings. The van der Waals surface area contributed by atoms with Crippen LogP contribution in [0.4, 0.5) is 26.3 Å².